The molecule has 2 aromatic rings. The number of methoxy groups -OCH3 is 1. The van der Waals surface area contributed by atoms with Crippen molar-refractivity contribution in [3.63, 3.8) is 0 Å². The van der Waals surface area contributed by atoms with Crippen molar-refractivity contribution >= 4 is 5.82 Å². The number of H-pyrrole nitrogens is 1. The molecule has 0 unspecified atom stereocenters. The zero-order chi connectivity index (χ0) is 12.5. The van der Waals surface area contributed by atoms with Gasteiger partial charge in [-0.25, -0.2) is 0 Å². The van der Waals surface area contributed by atoms with E-state index in [1.165, 1.54) is 24.0 Å². The third kappa shape index (κ3) is 2.18. The molecule has 1 aromatic heterocycles. The fourth-order valence-electron chi connectivity index (χ4n) is 2.29. The SMILES string of the molecule is COc1ccc(Cc2cc(N)[nH]n2)cc1C1CC1. The molecule has 0 radical (unpaired) electrons. The molecule has 3 N–H and O–H groups in total. The Morgan fingerprint density at radius 3 is 2.83 bits per heavy atom. The summed E-state index contributed by atoms with van der Waals surface area (Å²) in [6, 6.07) is 8.26. The highest BCUT2D eigenvalue weighted by atomic mass is 16.5. The lowest BCUT2D eigenvalue weighted by atomic mass is 10.0. The van der Waals surface area contributed by atoms with E-state index < -0.39 is 0 Å². The number of hydrogen-bond acceptors (Lipinski definition) is 3. The summed E-state index contributed by atoms with van der Waals surface area (Å²) in [5, 5.41) is 6.93. The molecule has 0 spiro atoms. The van der Waals surface area contributed by atoms with E-state index in [1.807, 2.05) is 6.07 Å². The lowest BCUT2D eigenvalue weighted by Crippen LogP contribution is -1.94. The van der Waals surface area contributed by atoms with Crippen molar-refractivity contribution in [3.05, 3.63) is 41.1 Å². The van der Waals surface area contributed by atoms with E-state index in [-0.39, 0.29) is 0 Å². The van der Waals surface area contributed by atoms with Crippen molar-refractivity contribution in [2.45, 2.75) is 25.2 Å². The van der Waals surface area contributed by atoms with Crippen LogP contribution in [0.5, 0.6) is 5.75 Å². The van der Waals surface area contributed by atoms with Gasteiger partial charge in [-0.2, -0.15) is 5.10 Å². The number of ether oxygens (including phenoxy) is 1. The molecule has 3 rings (SSSR count). The molecule has 0 atom stereocenters. The Kier molecular flexibility index (Phi) is 2.70. The molecule has 0 amide bonds. The average molecular weight is 243 g/mol. The number of rotatable bonds is 4. The van der Waals surface area contributed by atoms with Gasteiger partial charge in [-0.15, -0.1) is 0 Å². The van der Waals surface area contributed by atoms with Gasteiger partial charge in [-0.1, -0.05) is 12.1 Å². The van der Waals surface area contributed by atoms with Crippen LogP contribution in [0.1, 0.15) is 35.6 Å². The minimum atomic E-state index is 0.612. The standard InChI is InChI=1S/C14H17N3O/c1-18-13-5-2-9(7-12(13)10-3-4-10)6-11-8-14(15)17-16-11/h2,5,7-8,10H,3-4,6H2,1H3,(H3,15,16,17). The van der Waals surface area contributed by atoms with Gasteiger partial charge in [0.1, 0.15) is 11.6 Å². The highest BCUT2D eigenvalue weighted by Crippen LogP contribution is 2.44. The van der Waals surface area contributed by atoms with Gasteiger partial charge >= 0.3 is 0 Å². The monoisotopic (exact) mass is 243 g/mol. The summed E-state index contributed by atoms with van der Waals surface area (Å²) in [6.07, 6.45) is 3.35. The van der Waals surface area contributed by atoms with Crippen molar-refractivity contribution < 1.29 is 4.74 Å². The quantitative estimate of drug-likeness (QED) is 0.867. The Balaban J connectivity index is 1.86. The van der Waals surface area contributed by atoms with Gasteiger partial charge in [0, 0.05) is 12.5 Å². The zero-order valence-electron chi connectivity index (χ0n) is 10.4. The van der Waals surface area contributed by atoms with Crippen LogP contribution in [0.4, 0.5) is 5.82 Å². The van der Waals surface area contributed by atoms with E-state index in [9.17, 15) is 0 Å². The van der Waals surface area contributed by atoms with Crippen LogP contribution < -0.4 is 10.5 Å². The molecule has 1 aromatic carbocycles. The molecule has 0 aliphatic heterocycles. The first-order chi connectivity index (χ1) is 8.76. The predicted molar refractivity (Wildman–Crippen MR) is 70.8 cm³/mol. The fraction of sp³-hybridized carbons (Fsp3) is 0.357. The van der Waals surface area contributed by atoms with Gasteiger partial charge in [0.05, 0.1) is 12.8 Å². The van der Waals surface area contributed by atoms with Crippen LogP contribution in [0, 0.1) is 0 Å². The maximum atomic E-state index is 5.63. The molecule has 18 heavy (non-hydrogen) atoms. The van der Waals surface area contributed by atoms with Gasteiger partial charge in [0.2, 0.25) is 0 Å². The second kappa shape index (κ2) is 4.37. The maximum absolute atomic E-state index is 5.63. The Morgan fingerprint density at radius 1 is 1.39 bits per heavy atom. The average Bonchev–Trinajstić information content (AvgIpc) is 3.14. The molecule has 94 valence electrons. The van der Waals surface area contributed by atoms with Crippen LogP contribution in [-0.2, 0) is 6.42 Å². The zero-order valence-corrected chi connectivity index (χ0v) is 10.4. The molecule has 1 aliphatic carbocycles. The predicted octanol–water partition coefficient (Wildman–Crippen LogP) is 2.47. The van der Waals surface area contributed by atoms with Gasteiger partial charge in [0.25, 0.3) is 0 Å². The number of hydrogen-bond donors (Lipinski definition) is 2. The number of nitrogens with zero attached hydrogens (tertiary/aromatic N) is 1. The summed E-state index contributed by atoms with van der Waals surface area (Å²) in [5.41, 5.74) is 9.19. The lowest BCUT2D eigenvalue weighted by molar-refractivity contribution is 0.409. The van der Waals surface area contributed by atoms with Crippen molar-refractivity contribution in [1.29, 1.82) is 0 Å². The van der Waals surface area contributed by atoms with Crippen molar-refractivity contribution in [2.75, 3.05) is 12.8 Å². The van der Waals surface area contributed by atoms with Crippen molar-refractivity contribution in [1.82, 2.24) is 10.2 Å². The van der Waals surface area contributed by atoms with Crippen LogP contribution >= 0.6 is 0 Å². The molecule has 4 heteroatoms. The number of aromatic nitrogens is 2. The van der Waals surface area contributed by atoms with E-state index in [1.54, 1.807) is 7.11 Å². The molecule has 0 bridgehead atoms. The molecule has 1 fully saturated rings. The van der Waals surface area contributed by atoms with Gasteiger partial charge in [-0.3, -0.25) is 5.10 Å². The Morgan fingerprint density at radius 2 is 2.22 bits per heavy atom. The molecule has 4 nitrogen and oxygen atoms in total. The van der Waals surface area contributed by atoms with Crippen LogP contribution in [0.2, 0.25) is 0 Å². The summed E-state index contributed by atoms with van der Waals surface area (Å²) in [7, 11) is 1.73. The summed E-state index contributed by atoms with van der Waals surface area (Å²) < 4.78 is 5.41. The van der Waals surface area contributed by atoms with Gasteiger partial charge in [0.15, 0.2) is 0 Å². The highest BCUT2D eigenvalue weighted by molar-refractivity contribution is 5.43. The third-order valence-corrected chi connectivity index (χ3v) is 3.35. The number of benzene rings is 1. The lowest BCUT2D eigenvalue weighted by Gasteiger charge is -2.09. The maximum Gasteiger partial charge on any atom is 0.122 e. The largest absolute Gasteiger partial charge is 0.496 e. The number of aromatic amines is 1. The topological polar surface area (TPSA) is 63.9 Å². The van der Waals surface area contributed by atoms with E-state index in [2.05, 4.69) is 28.4 Å². The number of nitrogens with two attached hydrogens (primary N) is 1. The number of nitrogen functional groups attached to an aromatic ring is 1. The Hall–Kier alpha value is -1.97. The summed E-state index contributed by atoms with van der Waals surface area (Å²) in [5.74, 6) is 2.30. The van der Waals surface area contributed by atoms with Gasteiger partial charge < -0.3 is 10.5 Å². The first-order valence-electron chi connectivity index (χ1n) is 6.23. The van der Waals surface area contributed by atoms with Gasteiger partial charge in [-0.05, 0) is 36.0 Å². The molecular weight excluding hydrogens is 226 g/mol. The smallest absolute Gasteiger partial charge is 0.122 e. The van der Waals surface area contributed by atoms with Crippen molar-refractivity contribution in [3.8, 4) is 5.75 Å². The molecule has 1 aliphatic rings. The third-order valence-electron chi connectivity index (χ3n) is 3.35. The highest BCUT2D eigenvalue weighted by Gasteiger charge is 2.26. The molecule has 1 saturated carbocycles. The second-order valence-electron chi connectivity index (χ2n) is 4.84. The van der Waals surface area contributed by atoms with E-state index in [0.29, 0.717) is 11.7 Å². The fourth-order valence-corrected chi connectivity index (χ4v) is 2.29. The normalized spacial score (nSPS) is 14.7. The first-order valence-corrected chi connectivity index (χ1v) is 6.23. The molecule has 0 saturated heterocycles. The van der Waals surface area contributed by atoms with E-state index >= 15 is 0 Å². The van der Waals surface area contributed by atoms with E-state index in [4.69, 9.17) is 10.5 Å². The van der Waals surface area contributed by atoms with Crippen LogP contribution in [0.3, 0.4) is 0 Å². The summed E-state index contributed by atoms with van der Waals surface area (Å²) in [4.78, 5) is 0. The first kappa shape index (κ1) is 11.1. The minimum Gasteiger partial charge on any atom is -0.496 e. The van der Waals surface area contributed by atoms with Crippen molar-refractivity contribution in [2.24, 2.45) is 0 Å². The Bertz CT molecular complexity index is 558. The van der Waals surface area contributed by atoms with E-state index in [0.717, 1.165) is 17.9 Å². The minimum absolute atomic E-state index is 0.612. The van der Waals surface area contributed by atoms with Crippen LogP contribution in [0.15, 0.2) is 24.3 Å². The molecular formula is C14H17N3O. The van der Waals surface area contributed by atoms with Crippen LogP contribution in [0.25, 0.3) is 0 Å². The molecule has 1 heterocycles. The summed E-state index contributed by atoms with van der Waals surface area (Å²) >= 11 is 0. The van der Waals surface area contributed by atoms with Crippen LogP contribution in [-0.4, -0.2) is 17.3 Å². The Labute approximate surface area is 106 Å². The number of anilines is 1. The number of nitrogens with one attached hydrogen (secondary N) is 1. The summed E-state index contributed by atoms with van der Waals surface area (Å²) in [6.45, 7) is 0. The second-order valence-corrected chi connectivity index (χ2v) is 4.84.